The van der Waals surface area contributed by atoms with Crippen LogP contribution in [-0.4, -0.2) is 34.5 Å². The number of benzene rings is 1. The van der Waals surface area contributed by atoms with Crippen LogP contribution in [0.1, 0.15) is 36.8 Å². The van der Waals surface area contributed by atoms with E-state index in [0.717, 1.165) is 60.4 Å². The molecule has 2 aliphatic heterocycles. The fraction of sp³-hybridized carbons (Fsp3) is 0.417. The zero-order valence-corrected chi connectivity index (χ0v) is 17.4. The molecule has 0 amide bonds. The Kier molecular flexibility index (Phi) is 5.17. The maximum Gasteiger partial charge on any atom is 0.255 e. The van der Waals surface area contributed by atoms with Crippen LogP contribution < -0.4 is 10.5 Å². The Morgan fingerprint density at radius 2 is 1.90 bits per heavy atom. The minimum atomic E-state index is -0.0360. The lowest BCUT2D eigenvalue weighted by Gasteiger charge is -2.30. The largest absolute Gasteiger partial charge is 0.444 e. The molecular formula is C24H28N4O2. The molecule has 0 radical (unpaired) electrons. The van der Waals surface area contributed by atoms with Gasteiger partial charge in [-0.05, 0) is 24.8 Å². The van der Waals surface area contributed by atoms with Crippen molar-refractivity contribution in [2.75, 3.05) is 24.5 Å². The van der Waals surface area contributed by atoms with Crippen LogP contribution in [0, 0.1) is 5.92 Å². The number of hydrogen-bond donors (Lipinski definition) is 1. The maximum atomic E-state index is 12.7. The lowest BCUT2D eigenvalue weighted by atomic mass is 9.99. The summed E-state index contributed by atoms with van der Waals surface area (Å²) in [6.45, 7) is 6.63. The van der Waals surface area contributed by atoms with Crippen LogP contribution in [0.4, 0.5) is 5.88 Å². The number of piperidine rings is 1. The number of furan rings is 1. The molecule has 4 heterocycles. The molecule has 156 valence electrons. The van der Waals surface area contributed by atoms with Crippen molar-refractivity contribution in [1.29, 1.82) is 0 Å². The molecule has 30 heavy (non-hydrogen) atoms. The molecule has 1 N–H and O–H groups in total. The van der Waals surface area contributed by atoms with E-state index in [4.69, 9.17) is 9.40 Å². The first-order valence-corrected chi connectivity index (χ1v) is 10.9. The highest BCUT2D eigenvalue weighted by atomic mass is 16.4. The first-order chi connectivity index (χ1) is 14.7. The van der Waals surface area contributed by atoms with Gasteiger partial charge < -0.3 is 14.3 Å². The van der Waals surface area contributed by atoms with Crippen molar-refractivity contribution < 1.29 is 4.42 Å². The van der Waals surface area contributed by atoms with Crippen LogP contribution in [-0.2, 0) is 19.5 Å². The average molecular weight is 405 g/mol. The van der Waals surface area contributed by atoms with Gasteiger partial charge in [0.1, 0.15) is 11.6 Å². The van der Waals surface area contributed by atoms with Crippen LogP contribution >= 0.6 is 0 Å². The molecule has 6 nitrogen and oxygen atoms in total. The predicted molar refractivity (Wildman–Crippen MR) is 117 cm³/mol. The summed E-state index contributed by atoms with van der Waals surface area (Å²) in [6, 6.07) is 14.0. The normalized spacial score (nSPS) is 17.8. The van der Waals surface area contributed by atoms with Crippen LogP contribution in [0.2, 0.25) is 0 Å². The Morgan fingerprint density at radius 1 is 1.10 bits per heavy atom. The molecule has 0 spiro atoms. The minimum Gasteiger partial charge on any atom is -0.444 e. The molecule has 0 unspecified atom stereocenters. The first-order valence-electron chi connectivity index (χ1n) is 10.9. The lowest BCUT2D eigenvalue weighted by molar-refractivity contribution is 0.222. The summed E-state index contributed by atoms with van der Waals surface area (Å²) in [7, 11) is 0. The van der Waals surface area contributed by atoms with E-state index in [2.05, 4.69) is 33.8 Å². The summed E-state index contributed by atoms with van der Waals surface area (Å²) in [5, 5.41) is 0. The van der Waals surface area contributed by atoms with Gasteiger partial charge in [0.25, 0.3) is 5.56 Å². The van der Waals surface area contributed by atoms with Crippen molar-refractivity contribution in [3.63, 3.8) is 0 Å². The van der Waals surface area contributed by atoms with Crippen molar-refractivity contribution in [2.24, 2.45) is 5.92 Å². The average Bonchev–Trinajstić information content (AvgIpc) is 3.23. The van der Waals surface area contributed by atoms with Gasteiger partial charge in [-0.25, -0.2) is 4.98 Å². The Labute approximate surface area is 176 Å². The molecule has 1 fully saturated rings. The second-order valence-electron chi connectivity index (χ2n) is 8.58. The predicted octanol–water partition coefficient (Wildman–Crippen LogP) is 3.82. The van der Waals surface area contributed by atoms with E-state index in [0.29, 0.717) is 18.9 Å². The van der Waals surface area contributed by atoms with Crippen LogP contribution in [0.25, 0.3) is 11.4 Å². The molecule has 6 heteroatoms. The summed E-state index contributed by atoms with van der Waals surface area (Å²) in [5.74, 6) is 3.39. The van der Waals surface area contributed by atoms with Gasteiger partial charge in [0.15, 0.2) is 5.88 Å². The quantitative estimate of drug-likeness (QED) is 0.716. The van der Waals surface area contributed by atoms with Crippen LogP contribution in [0.3, 0.4) is 0 Å². The molecule has 2 aromatic heterocycles. The number of hydrogen-bond acceptors (Lipinski definition) is 5. The Balaban J connectivity index is 1.28. The van der Waals surface area contributed by atoms with Crippen LogP contribution in [0.15, 0.2) is 51.7 Å². The smallest absolute Gasteiger partial charge is 0.255 e. The second kappa shape index (κ2) is 8.11. The Bertz CT molecular complexity index is 1060. The van der Waals surface area contributed by atoms with E-state index < -0.39 is 0 Å². The lowest BCUT2D eigenvalue weighted by Crippen LogP contribution is -2.35. The SMILES string of the molecule is CC1CCN(c2ccc(CN3CCc4nc(-c5ccccc5)[nH]c(=O)c4C3)o2)CC1. The van der Waals surface area contributed by atoms with E-state index in [1.807, 2.05) is 30.3 Å². The Morgan fingerprint density at radius 3 is 2.70 bits per heavy atom. The number of nitrogens with one attached hydrogen (secondary N) is 1. The third kappa shape index (κ3) is 3.92. The zero-order valence-electron chi connectivity index (χ0n) is 17.4. The van der Waals surface area contributed by atoms with Gasteiger partial charge in [0, 0.05) is 44.2 Å². The third-order valence-corrected chi connectivity index (χ3v) is 6.32. The van der Waals surface area contributed by atoms with Crippen molar-refractivity contribution in [3.05, 3.63) is 69.8 Å². The van der Waals surface area contributed by atoms with Gasteiger partial charge in [-0.1, -0.05) is 37.3 Å². The van der Waals surface area contributed by atoms with Crippen molar-refractivity contribution in [3.8, 4) is 11.4 Å². The molecule has 0 saturated carbocycles. The molecule has 1 aromatic carbocycles. The maximum absolute atomic E-state index is 12.7. The third-order valence-electron chi connectivity index (χ3n) is 6.32. The van der Waals surface area contributed by atoms with E-state index in [1.54, 1.807) is 0 Å². The highest BCUT2D eigenvalue weighted by Crippen LogP contribution is 2.26. The van der Waals surface area contributed by atoms with Crippen molar-refractivity contribution >= 4 is 5.88 Å². The molecule has 5 rings (SSSR count). The molecule has 0 aliphatic carbocycles. The van der Waals surface area contributed by atoms with E-state index in [-0.39, 0.29) is 5.56 Å². The number of aromatic nitrogens is 2. The van der Waals surface area contributed by atoms with Crippen LogP contribution in [0.5, 0.6) is 0 Å². The zero-order chi connectivity index (χ0) is 20.5. The van der Waals surface area contributed by atoms with Gasteiger partial charge in [-0.2, -0.15) is 0 Å². The number of aromatic amines is 1. The molecule has 0 bridgehead atoms. The topological polar surface area (TPSA) is 65.4 Å². The molecule has 3 aromatic rings. The highest BCUT2D eigenvalue weighted by Gasteiger charge is 2.23. The fourth-order valence-electron chi connectivity index (χ4n) is 4.42. The molecule has 0 atom stereocenters. The minimum absolute atomic E-state index is 0.0360. The summed E-state index contributed by atoms with van der Waals surface area (Å²) < 4.78 is 6.14. The monoisotopic (exact) mass is 404 g/mol. The van der Waals surface area contributed by atoms with Gasteiger partial charge in [-0.15, -0.1) is 0 Å². The van der Waals surface area contributed by atoms with E-state index in [1.165, 1.54) is 12.8 Å². The van der Waals surface area contributed by atoms with Crippen molar-refractivity contribution in [1.82, 2.24) is 14.9 Å². The van der Waals surface area contributed by atoms with Gasteiger partial charge in [0.05, 0.1) is 17.8 Å². The van der Waals surface area contributed by atoms with Gasteiger partial charge in [0.2, 0.25) is 0 Å². The number of fused-ring (bicyclic) bond motifs is 1. The molecular weight excluding hydrogens is 376 g/mol. The summed E-state index contributed by atoms with van der Waals surface area (Å²) in [6.07, 6.45) is 3.22. The molecule has 1 saturated heterocycles. The van der Waals surface area contributed by atoms with Crippen molar-refractivity contribution in [2.45, 2.75) is 39.3 Å². The number of rotatable bonds is 4. The standard InChI is InChI=1S/C24H28N4O2/c1-17-9-13-28(14-10-17)22-8-7-19(30-22)15-27-12-11-21-20(16-27)24(29)26-23(25-21)18-5-3-2-4-6-18/h2-8,17H,9-16H2,1H3,(H,25,26,29). The number of H-pyrrole nitrogens is 1. The summed E-state index contributed by atoms with van der Waals surface area (Å²) in [5.41, 5.74) is 2.59. The summed E-state index contributed by atoms with van der Waals surface area (Å²) >= 11 is 0. The van der Waals surface area contributed by atoms with E-state index in [9.17, 15) is 4.79 Å². The van der Waals surface area contributed by atoms with Gasteiger partial charge in [-0.3, -0.25) is 9.69 Å². The second-order valence-corrected chi connectivity index (χ2v) is 8.58. The fourth-order valence-corrected chi connectivity index (χ4v) is 4.42. The number of anilines is 1. The highest BCUT2D eigenvalue weighted by molar-refractivity contribution is 5.54. The number of nitrogens with zero attached hydrogens (tertiary/aromatic N) is 3. The first kappa shape index (κ1) is 19.1. The Hall–Kier alpha value is -2.86. The molecule has 2 aliphatic rings. The summed E-state index contributed by atoms with van der Waals surface area (Å²) in [4.78, 5) is 25.1. The van der Waals surface area contributed by atoms with Gasteiger partial charge >= 0.3 is 0 Å². The van der Waals surface area contributed by atoms with E-state index >= 15 is 0 Å².